The summed E-state index contributed by atoms with van der Waals surface area (Å²) in [6, 6.07) is 6.95. The predicted octanol–water partition coefficient (Wildman–Crippen LogP) is 0.587. The molecule has 1 aliphatic rings. The number of aromatic nitrogens is 2. The highest BCUT2D eigenvalue weighted by Gasteiger charge is 2.24. The Morgan fingerprint density at radius 1 is 1.35 bits per heavy atom. The summed E-state index contributed by atoms with van der Waals surface area (Å²) < 4.78 is 1.45. The van der Waals surface area contributed by atoms with Crippen LogP contribution >= 0.6 is 0 Å². The normalized spacial score (nSPS) is 18.9. The number of carbonyl (C=O) groups excluding carboxylic acids is 1. The first-order chi connectivity index (χ1) is 8.16. The number of para-hydroxylation sites is 1. The van der Waals surface area contributed by atoms with E-state index in [2.05, 4.69) is 10.3 Å². The Hall–Kier alpha value is -2.17. The van der Waals surface area contributed by atoms with Crippen molar-refractivity contribution in [2.45, 2.75) is 19.5 Å². The Bertz CT molecular complexity index is 675. The number of hydrogen-bond acceptors (Lipinski definition) is 3. The average molecular weight is 229 g/mol. The molecular weight excluding hydrogens is 218 g/mol. The smallest absolute Gasteiger partial charge is 0.261 e. The molecular formula is C12H11N3O2. The Morgan fingerprint density at radius 3 is 2.94 bits per heavy atom. The predicted molar refractivity (Wildman–Crippen MR) is 62.6 cm³/mol. The molecule has 17 heavy (non-hydrogen) atoms. The molecule has 86 valence electrons. The second-order valence-electron chi connectivity index (χ2n) is 4.17. The molecule has 0 spiro atoms. The summed E-state index contributed by atoms with van der Waals surface area (Å²) >= 11 is 0. The molecule has 0 saturated heterocycles. The molecule has 0 aliphatic carbocycles. The van der Waals surface area contributed by atoms with Crippen molar-refractivity contribution in [2.24, 2.45) is 0 Å². The molecule has 2 heterocycles. The Morgan fingerprint density at radius 2 is 2.12 bits per heavy atom. The van der Waals surface area contributed by atoms with Crippen molar-refractivity contribution in [2.75, 3.05) is 0 Å². The SMILES string of the molecule is CC1NC(=O)Cn2c1nc1ccccc1c2=O. The number of fused-ring (bicyclic) bond motifs is 2. The van der Waals surface area contributed by atoms with Gasteiger partial charge in [-0.2, -0.15) is 0 Å². The lowest BCUT2D eigenvalue weighted by Crippen LogP contribution is -2.43. The molecule has 3 rings (SSSR count). The van der Waals surface area contributed by atoms with Crippen molar-refractivity contribution in [1.82, 2.24) is 14.9 Å². The first-order valence-electron chi connectivity index (χ1n) is 5.45. The standard InChI is InChI=1S/C12H11N3O2/c1-7-11-14-9-5-3-2-4-8(9)12(17)15(11)6-10(16)13-7/h2-5,7H,6H2,1H3,(H,13,16). The van der Waals surface area contributed by atoms with Gasteiger partial charge in [-0.25, -0.2) is 4.98 Å². The van der Waals surface area contributed by atoms with Crippen molar-refractivity contribution in [3.63, 3.8) is 0 Å². The summed E-state index contributed by atoms with van der Waals surface area (Å²) in [6.07, 6.45) is 0. The van der Waals surface area contributed by atoms with E-state index in [1.165, 1.54) is 4.57 Å². The molecule has 1 unspecified atom stereocenters. The first-order valence-corrected chi connectivity index (χ1v) is 5.45. The van der Waals surface area contributed by atoms with Crippen molar-refractivity contribution < 1.29 is 4.79 Å². The fourth-order valence-corrected chi connectivity index (χ4v) is 2.16. The first kappa shape index (κ1) is 10.0. The maximum atomic E-state index is 12.2. The highest BCUT2D eigenvalue weighted by atomic mass is 16.2. The fraction of sp³-hybridized carbons (Fsp3) is 0.250. The van der Waals surface area contributed by atoms with Gasteiger partial charge in [-0.1, -0.05) is 12.1 Å². The van der Waals surface area contributed by atoms with E-state index >= 15 is 0 Å². The molecule has 1 aliphatic heterocycles. The van der Waals surface area contributed by atoms with Crippen LogP contribution in [0, 0.1) is 0 Å². The van der Waals surface area contributed by atoms with Gasteiger partial charge in [0.05, 0.1) is 16.9 Å². The van der Waals surface area contributed by atoms with Crippen LogP contribution in [0.1, 0.15) is 18.8 Å². The van der Waals surface area contributed by atoms with E-state index in [4.69, 9.17) is 0 Å². The van der Waals surface area contributed by atoms with Gasteiger partial charge in [0.2, 0.25) is 5.91 Å². The van der Waals surface area contributed by atoms with Crippen LogP contribution < -0.4 is 10.9 Å². The van der Waals surface area contributed by atoms with Gasteiger partial charge in [-0.05, 0) is 19.1 Å². The van der Waals surface area contributed by atoms with E-state index in [9.17, 15) is 9.59 Å². The molecule has 1 aromatic heterocycles. The second kappa shape index (κ2) is 3.41. The molecule has 5 nitrogen and oxygen atoms in total. The summed E-state index contributed by atoms with van der Waals surface area (Å²) in [4.78, 5) is 28.1. The van der Waals surface area contributed by atoms with E-state index in [1.54, 1.807) is 18.2 Å². The maximum absolute atomic E-state index is 12.2. The largest absolute Gasteiger partial charge is 0.345 e. The highest BCUT2D eigenvalue weighted by molar-refractivity contribution is 5.80. The third-order valence-corrected chi connectivity index (χ3v) is 2.96. The van der Waals surface area contributed by atoms with Crippen LogP contribution in [-0.4, -0.2) is 15.5 Å². The molecule has 5 heteroatoms. The van der Waals surface area contributed by atoms with Gasteiger partial charge in [0.1, 0.15) is 12.4 Å². The summed E-state index contributed by atoms with van der Waals surface area (Å²) in [7, 11) is 0. The van der Waals surface area contributed by atoms with Crippen molar-refractivity contribution >= 4 is 16.8 Å². The molecule has 1 aromatic carbocycles. The zero-order chi connectivity index (χ0) is 12.0. The lowest BCUT2D eigenvalue weighted by molar-refractivity contribution is -0.123. The van der Waals surface area contributed by atoms with Crippen molar-refractivity contribution in [3.8, 4) is 0 Å². The highest BCUT2D eigenvalue weighted by Crippen LogP contribution is 2.16. The molecule has 0 saturated carbocycles. The molecule has 0 fully saturated rings. The number of nitrogens with zero attached hydrogens (tertiary/aromatic N) is 2. The zero-order valence-electron chi connectivity index (χ0n) is 9.30. The van der Waals surface area contributed by atoms with E-state index in [-0.39, 0.29) is 24.1 Å². The van der Waals surface area contributed by atoms with Crippen LogP contribution in [0.15, 0.2) is 29.1 Å². The molecule has 2 aromatic rings. The fourth-order valence-electron chi connectivity index (χ4n) is 2.16. The molecule has 0 bridgehead atoms. The van der Waals surface area contributed by atoms with Crippen LogP contribution in [0.25, 0.3) is 10.9 Å². The minimum atomic E-state index is -0.228. The van der Waals surface area contributed by atoms with Crippen molar-refractivity contribution in [3.05, 3.63) is 40.4 Å². The van der Waals surface area contributed by atoms with Crippen LogP contribution in [0.2, 0.25) is 0 Å². The van der Waals surface area contributed by atoms with Crippen LogP contribution in [0.4, 0.5) is 0 Å². The molecule has 1 amide bonds. The van der Waals surface area contributed by atoms with E-state index in [0.29, 0.717) is 16.7 Å². The Kier molecular flexibility index (Phi) is 2.01. The van der Waals surface area contributed by atoms with E-state index < -0.39 is 0 Å². The third-order valence-electron chi connectivity index (χ3n) is 2.96. The number of nitrogens with one attached hydrogen (secondary N) is 1. The summed E-state index contributed by atoms with van der Waals surface area (Å²) in [6.45, 7) is 1.88. The van der Waals surface area contributed by atoms with Crippen LogP contribution in [-0.2, 0) is 11.3 Å². The lowest BCUT2D eigenvalue weighted by Gasteiger charge is -2.24. The topological polar surface area (TPSA) is 64.0 Å². The zero-order valence-corrected chi connectivity index (χ0v) is 9.30. The van der Waals surface area contributed by atoms with Gasteiger partial charge in [0.15, 0.2) is 0 Å². The molecule has 0 radical (unpaired) electrons. The number of carbonyl (C=O) groups is 1. The lowest BCUT2D eigenvalue weighted by atomic mass is 10.2. The summed E-state index contributed by atoms with van der Waals surface area (Å²) in [5.74, 6) is 0.470. The number of benzene rings is 1. The average Bonchev–Trinajstić information content (AvgIpc) is 2.31. The molecule has 1 N–H and O–H groups in total. The van der Waals surface area contributed by atoms with Gasteiger partial charge in [0, 0.05) is 0 Å². The maximum Gasteiger partial charge on any atom is 0.261 e. The summed E-state index contributed by atoms with van der Waals surface area (Å²) in [5.41, 5.74) is 0.527. The van der Waals surface area contributed by atoms with Gasteiger partial charge >= 0.3 is 0 Å². The monoisotopic (exact) mass is 229 g/mol. The number of hydrogen-bond donors (Lipinski definition) is 1. The van der Waals surface area contributed by atoms with Gasteiger partial charge in [-0.3, -0.25) is 14.2 Å². The second-order valence-corrected chi connectivity index (χ2v) is 4.17. The summed E-state index contributed by atoms with van der Waals surface area (Å²) in [5, 5.41) is 3.32. The minimum Gasteiger partial charge on any atom is -0.345 e. The Labute approximate surface area is 97.1 Å². The quantitative estimate of drug-likeness (QED) is 0.719. The Balaban J connectivity index is 2.39. The van der Waals surface area contributed by atoms with E-state index in [1.807, 2.05) is 13.0 Å². The minimum absolute atomic E-state index is 0.0519. The van der Waals surface area contributed by atoms with Gasteiger partial charge < -0.3 is 5.32 Å². The van der Waals surface area contributed by atoms with E-state index in [0.717, 1.165) is 0 Å². The molecule has 1 atom stereocenters. The van der Waals surface area contributed by atoms with Crippen molar-refractivity contribution in [1.29, 1.82) is 0 Å². The van der Waals surface area contributed by atoms with Gasteiger partial charge in [0.25, 0.3) is 5.56 Å². The number of amides is 1. The van der Waals surface area contributed by atoms with Crippen LogP contribution in [0.3, 0.4) is 0 Å². The van der Waals surface area contributed by atoms with Gasteiger partial charge in [-0.15, -0.1) is 0 Å². The third kappa shape index (κ3) is 1.43. The van der Waals surface area contributed by atoms with Crippen LogP contribution in [0.5, 0.6) is 0 Å². The number of rotatable bonds is 0.